The minimum atomic E-state index is -0.301. The van der Waals surface area contributed by atoms with Crippen LogP contribution in [-0.2, 0) is 0 Å². The summed E-state index contributed by atoms with van der Waals surface area (Å²) >= 11 is 3.28. The van der Waals surface area contributed by atoms with Gasteiger partial charge in [-0.3, -0.25) is 9.89 Å². The standard InChI is InChI=1S/C16H11BrN6O/c17-14-12(9-19-22-14)21-16(24)11-8-20-23-13(6-7-18-15(11)23)10-4-2-1-3-5-10/h1-9H,(H,19,22)(H,21,24). The van der Waals surface area contributed by atoms with Crippen LogP contribution in [0.15, 0.2) is 59.6 Å². The maximum absolute atomic E-state index is 12.5. The summed E-state index contributed by atoms with van der Waals surface area (Å²) in [6.45, 7) is 0. The second kappa shape index (κ2) is 5.89. The molecule has 0 aliphatic carbocycles. The van der Waals surface area contributed by atoms with Crippen LogP contribution in [-0.4, -0.2) is 30.7 Å². The van der Waals surface area contributed by atoms with Gasteiger partial charge in [-0.05, 0) is 22.0 Å². The van der Waals surface area contributed by atoms with E-state index in [9.17, 15) is 4.79 Å². The van der Waals surface area contributed by atoms with E-state index < -0.39 is 0 Å². The molecule has 8 heteroatoms. The molecule has 0 fully saturated rings. The molecule has 0 bridgehead atoms. The fourth-order valence-electron chi connectivity index (χ4n) is 2.43. The maximum Gasteiger partial charge on any atom is 0.261 e. The van der Waals surface area contributed by atoms with E-state index in [0.717, 1.165) is 11.3 Å². The Morgan fingerprint density at radius 2 is 2.00 bits per heavy atom. The molecular weight excluding hydrogens is 372 g/mol. The molecule has 1 amide bonds. The van der Waals surface area contributed by atoms with Crippen molar-refractivity contribution in [2.45, 2.75) is 0 Å². The molecule has 3 aromatic heterocycles. The predicted molar refractivity (Wildman–Crippen MR) is 92.7 cm³/mol. The van der Waals surface area contributed by atoms with E-state index in [1.807, 2.05) is 36.4 Å². The molecule has 0 aliphatic rings. The van der Waals surface area contributed by atoms with Crippen LogP contribution in [0.2, 0.25) is 0 Å². The average molecular weight is 383 g/mol. The third-order valence-corrected chi connectivity index (χ3v) is 4.16. The molecule has 0 unspecified atom stereocenters. The number of amides is 1. The quantitative estimate of drug-likeness (QED) is 0.569. The monoisotopic (exact) mass is 382 g/mol. The van der Waals surface area contributed by atoms with Crippen molar-refractivity contribution in [3.8, 4) is 11.3 Å². The molecule has 2 N–H and O–H groups in total. The molecular formula is C16H11BrN6O. The summed E-state index contributed by atoms with van der Waals surface area (Å²) in [5.74, 6) is -0.301. The van der Waals surface area contributed by atoms with Crippen LogP contribution in [0.5, 0.6) is 0 Å². The van der Waals surface area contributed by atoms with Crippen molar-refractivity contribution < 1.29 is 4.79 Å². The summed E-state index contributed by atoms with van der Waals surface area (Å²) < 4.78 is 2.26. The molecule has 0 saturated heterocycles. The summed E-state index contributed by atoms with van der Waals surface area (Å²) in [6, 6.07) is 11.7. The summed E-state index contributed by atoms with van der Waals surface area (Å²) in [5, 5.41) is 13.6. The number of carbonyl (C=O) groups is 1. The summed E-state index contributed by atoms with van der Waals surface area (Å²) in [4.78, 5) is 16.8. The van der Waals surface area contributed by atoms with Crippen LogP contribution in [0.3, 0.4) is 0 Å². The first kappa shape index (κ1) is 14.6. The van der Waals surface area contributed by atoms with Gasteiger partial charge in [0.2, 0.25) is 0 Å². The van der Waals surface area contributed by atoms with Gasteiger partial charge in [0, 0.05) is 11.8 Å². The highest BCUT2D eigenvalue weighted by Gasteiger charge is 2.17. The van der Waals surface area contributed by atoms with E-state index in [4.69, 9.17) is 0 Å². The van der Waals surface area contributed by atoms with Crippen molar-refractivity contribution >= 4 is 33.2 Å². The molecule has 0 spiro atoms. The van der Waals surface area contributed by atoms with Gasteiger partial charge in [0.15, 0.2) is 5.65 Å². The summed E-state index contributed by atoms with van der Waals surface area (Å²) in [7, 11) is 0. The Bertz CT molecular complexity index is 1020. The van der Waals surface area contributed by atoms with Crippen molar-refractivity contribution in [2.75, 3.05) is 5.32 Å². The fraction of sp³-hybridized carbons (Fsp3) is 0. The van der Waals surface area contributed by atoms with E-state index >= 15 is 0 Å². The number of hydrogen-bond acceptors (Lipinski definition) is 4. The number of aromatic nitrogens is 5. The van der Waals surface area contributed by atoms with Gasteiger partial charge in [-0.2, -0.15) is 10.2 Å². The van der Waals surface area contributed by atoms with E-state index in [1.165, 1.54) is 12.4 Å². The van der Waals surface area contributed by atoms with Gasteiger partial charge in [-0.1, -0.05) is 30.3 Å². The minimum absolute atomic E-state index is 0.301. The highest BCUT2D eigenvalue weighted by Crippen LogP contribution is 2.22. The van der Waals surface area contributed by atoms with Gasteiger partial charge < -0.3 is 5.32 Å². The maximum atomic E-state index is 12.5. The lowest BCUT2D eigenvalue weighted by Crippen LogP contribution is -2.12. The first-order chi connectivity index (χ1) is 11.7. The van der Waals surface area contributed by atoms with Crippen molar-refractivity contribution in [1.29, 1.82) is 0 Å². The number of benzene rings is 1. The minimum Gasteiger partial charge on any atom is -0.318 e. The van der Waals surface area contributed by atoms with Crippen LogP contribution >= 0.6 is 15.9 Å². The number of hydrogen-bond donors (Lipinski definition) is 2. The first-order valence-corrected chi connectivity index (χ1v) is 7.92. The molecule has 24 heavy (non-hydrogen) atoms. The van der Waals surface area contributed by atoms with Crippen LogP contribution in [0.4, 0.5) is 5.69 Å². The van der Waals surface area contributed by atoms with Crippen LogP contribution < -0.4 is 5.32 Å². The van der Waals surface area contributed by atoms with E-state index in [1.54, 1.807) is 10.7 Å². The van der Waals surface area contributed by atoms with E-state index in [0.29, 0.717) is 21.5 Å². The van der Waals surface area contributed by atoms with Crippen LogP contribution in [0.25, 0.3) is 16.9 Å². The molecule has 1 aromatic carbocycles. The van der Waals surface area contributed by atoms with E-state index in [-0.39, 0.29) is 5.91 Å². The van der Waals surface area contributed by atoms with Crippen molar-refractivity contribution in [1.82, 2.24) is 24.8 Å². The lowest BCUT2D eigenvalue weighted by molar-refractivity contribution is 0.102. The lowest BCUT2D eigenvalue weighted by atomic mass is 10.1. The van der Waals surface area contributed by atoms with Crippen molar-refractivity contribution in [3.63, 3.8) is 0 Å². The number of halogens is 1. The highest BCUT2D eigenvalue weighted by molar-refractivity contribution is 9.10. The Balaban J connectivity index is 1.76. The number of anilines is 1. The molecule has 0 radical (unpaired) electrons. The Labute approximate surface area is 144 Å². The number of nitrogens with one attached hydrogen (secondary N) is 2. The number of H-pyrrole nitrogens is 1. The molecule has 4 aromatic rings. The topological polar surface area (TPSA) is 88.0 Å². The van der Waals surface area contributed by atoms with Crippen LogP contribution in [0.1, 0.15) is 10.4 Å². The fourth-order valence-corrected chi connectivity index (χ4v) is 2.73. The number of fused-ring (bicyclic) bond motifs is 1. The summed E-state index contributed by atoms with van der Waals surface area (Å²) in [5.41, 5.74) is 3.30. The number of carbonyl (C=O) groups excluding carboxylic acids is 1. The SMILES string of the molecule is O=C(Nc1cn[nH]c1Br)c1cnn2c(-c3ccccc3)ccnc12. The zero-order valence-corrected chi connectivity index (χ0v) is 13.9. The summed E-state index contributed by atoms with van der Waals surface area (Å²) in [6.07, 6.45) is 4.71. The second-order valence-corrected chi connectivity index (χ2v) is 5.83. The molecule has 4 rings (SSSR count). The Kier molecular flexibility index (Phi) is 3.58. The van der Waals surface area contributed by atoms with Crippen LogP contribution in [0, 0.1) is 0 Å². The van der Waals surface area contributed by atoms with Gasteiger partial charge in [0.1, 0.15) is 10.2 Å². The van der Waals surface area contributed by atoms with Gasteiger partial charge >= 0.3 is 0 Å². The zero-order chi connectivity index (χ0) is 16.5. The smallest absolute Gasteiger partial charge is 0.261 e. The van der Waals surface area contributed by atoms with Gasteiger partial charge in [0.05, 0.1) is 23.8 Å². The Morgan fingerprint density at radius 1 is 1.17 bits per heavy atom. The third-order valence-electron chi connectivity index (χ3n) is 3.56. The number of aromatic amines is 1. The zero-order valence-electron chi connectivity index (χ0n) is 12.3. The Morgan fingerprint density at radius 3 is 2.75 bits per heavy atom. The van der Waals surface area contributed by atoms with Crippen molar-refractivity contribution in [3.05, 3.63) is 65.2 Å². The van der Waals surface area contributed by atoms with Crippen molar-refractivity contribution in [2.24, 2.45) is 0 Å². The molecule has 0 atom stereocenters. The molecule has 7 nitrogen and oxygen atoms in total. The average Bonchev–Trinajstić information content (AvgIpc) is 3.22. The molecule has 3 heterocycles. The van der Waals surface area contributed by atoms with Gasteiger partial charge in [0.25, 0.3) is 5.91 Å². The lowest BCUT2D eigenvalue weighted by Gasteiger charge is -2.05. The van der Waals surface area contributed by atoms with E-state index in [2.05, 4.69) is 41.5 Å². The largest absolute Gasteiger partial charge is 0.318 e. The number of rotatable bonds is 3. The van der Waals surface area contributed by atoms with Gasteiger partial charge in [-0.15, -0.1) is 0 Å². The normalized spacial score (nSPS) is 10.9. The highest BCUT2D eigenvalue weighted by atomic mass is 79.9. The third kappa shape index (κ3) is 2.46. The Hall–Kier alpha value is -3.00. The predicted octanol–water partition coefficient (Wildman–Crippen LogP) is 3.13. The second-order valence-electron chi connectivity index (χ2n) is 5.04. The van der Waals surface area contributed by atoms with Gasteiger partial charge in [-0.25, -0.2) is 9.50 Å². The first-order valence-electron chi connectivity index (χ1n) is 7.12. The molecule has 0 saturated carbocycles. The molecule has 118 valence electrons. The number of nitrogens with zero attached hydrogens (tertiary/aromatic N) is 4. The molecule has 0 aliphatic heterocycles.